The largest absolute Gasteiger partial charge is 0.262 e. The van der Waals surface area contributed by atoms with Gasteiger partial charge in [0.2, 0.25) is 0 Å². The number of pyridine rings is 1. The van der Waals surface area contributed by atoms with Crippen molar-refractivity contribution in [2.75, 3.05) is 0 Å². The summed E-state index contributed by atoms with van der Waals surface area (Å²) >= 11 is 0. The molecule has 2 aromatic heterocycles. The average molecular weight is 351 g/mol. The molecule has 0 fully saturated rings. The second kappa shape index (κ2) is 9.46. The van der Waals surface area contributed by atoms with E-state index in [1.54, 1.807) is 0 Å². The first kappa shape index (κ1) is 18.6. The van der Waals surface area contributed by atoms with Crippen molar-refractivity contribution in [3.8, 4) is 11.1 Å². The molecule has 3 rings (SSSR count). The second-order valence-electron chi connectivity index (χ2n) is 7.21. The number of benzene rings is 1. The number of aromatic nitrogens is 4. The van der Waals surface area contributed by atoms with E-state index in [0.29, 0.717) is 0 Å². The molecular formula is C22H30N4. The summed E-state index contributed by atoms with van der Waals surface area (Å²) in [6, 6.07) is 8.58. The molecule has 0 unspecified atom stereocenters. The predicted octanol–water partition coefficient (Wildman–Crippen LogP) is 5.94. The fourth-order valence-corrected chi connectivity index (χ4v) is 3.43. The Hall–Kier alpha value is -2.23. The van der Waals surface area contributed by atoms with Gasteiger partial charge in [-0.25, -0.2) is 4.68 Å². The Morgan fingerprint density at radius 3 is 2.27 bits per heavy atom. The molecule has 1 aromatic carbocycles. The number of nitrogens with zero attached hydrogens (tertiary/aromatic N) is 4. The van der Waals surface area contributed by atoms with Gasteiger partial charge in [-0.1, -0.05) is 86.9 Å². The number of fused-ring (bicyclic) bond motifs is 1. The van der Waals surface area contributed by atoms with Gasteiger partial charge in [-0.05, 0) is 18.9 Å². The van der Waals surface area contributed by atoms with Crippen LogP contribution in [0, 0.1) is 6.92 Å². The molecule has 0 amide bonds. The van der Waals surface area contributed by atoms with E-state index in [1.807, 2.05) is 12.4 Å². The highest BCUT2D eigenvalue weighted by atomic mass is 15.4. The molecule has 0 aliphatic rings. The monoisotopic (exact) mass is 350 g/mol. The summed E-state index contributed by atoms with van der Waals surface area (Å²) in [5, 5.41) is 8.71. The first-order valence-electron chi connectivity index (χ1n) is 10.0. The van der Waals surface area contributed by atoms with E-state index >= 15 is 0 Å². The molecule has 4 heteroatoms. The van der Waals surface area contributed by atoms with Gasteiger partial charge in [-0.15, -0.1) is 5.10 Å². The smallest absolute Gasteiger partial charge is 0.132 e. The van der Waals surface area contributed by atoms with Crippen molar-refractivity contribution in [1.82, 2.24) is 20.0 Å². The third-order valence-electron chi connectivity index (χ3n) is 5.00. The van der Waals surface area contributed by atoms with Crippen molar-refractivity contribution in [1.29, 1.82) is 0 Å². The molecule has 0 atom stereocenters. The third-order valence-corrected chi connectivity index (χ3v) is 5.00. The minimum Gasteiger partial charge on any atom is -0.262 e. The van der Waals surface area contributed by atoms with Gasteiger partial charge < -0.3 is 0 Å². The Bertz CT molecular complexity index is 805. The van der Waals surface area contributed by atoms with Crippen LogP contribution in [0.15, 0.2) is 36.7 Å². The summed E-state index contributed by atoms with van der Waals surface area (Å²) < 4.78 is 2.06. The number of unbranched alkanes of at least 4 members (excludes halogenated alkanes) is 7. The standard InChI is InChI=1S/C22H30N4/c1-3-4-5-6-7-8-9-10-15-26-22-20(16-23-17-21(22)24-25-26)19-13-11-18(2)12-14-19/h11-14,16-17H,3-10,15H2,1-2H3. The van der Waals surface area contributed by atoms with E-state index in [-0.39, 0.29) is 0 Å². The summed E-state index contributed by atoms with van der Waals surface area (Å²) in [6.07, 6.45) is 14.3. The molecule has 0 spiro atoms. The van der Waals surface area contributed by atoms with E-state index in [4.69, 9.17) is 0 Å². The molecule has 3 aromatic rings. The van der Waals surface area contributed by atoms with E-state index in [1.165, 1.54) is 56.1 Å². The minimum absolute atomic E-state index is 0.877. The Balaban J connectivity index is 1.63. The van der Waals surface area contributed by atoms with Crippen molar-refractivity contribution >= 4 is 11.0 Å². The summed E-state index contributed by atoms with van der Waals surface area (Å²) in [5.41, 5.74) is 5.54. The van der Waals surface area contributed by atoms with Crippen LogP contribution < -0.4 is 0 Å². The first-order chi connectivity index (χ1) is 12.8. The van der Waals surface area contributed by atoms with Crippen LogP contribution in [0.4, 0.5) is 0 Å². The summed E-state index contributed by atoms with van der Waals surface area (Å²) in [6.45, 7) is 5.30. The fourth-order valence-electron chi connectivity index (χ4n) is 3.43. The molecule has 0 aliphatic heterocycles. The van der Waals surface area contributed by atoms with Crippen molar-refractivity contribution in [3.05, 3.63) is 42.2 Å². The minimum atomic E-state index is 0.877. The Kier molecular flexibility index (Phi) is 6.75. The third kappa shape index (κ3) is 4.69. The summed E-state index contributed by atoms with van der Waals surface area (Å²) in [5.74, 6) is 0. The topological polar surface area (TPSA) is 43.6 Å². The Morgan fingerprint density at radius 2 is 1.54 bits per heavy atom. The number of rotatable bonds is 10. The van der Waals surface area contributed by atoms with Crippen LogP contribution >= 0.6 is 0 Å². The number of aryl methyl sites for hydroxylation is 2. The SMILES string of the molecule is CCCCCCCCCCn1nnc2cncc(-c3ccc(C)cc3)c21. The molecule has 4 nitrogen and oxygen atoms in total. The first-order valence-corrected chi connectivity index (χ1v) is 10.0. The van der Waals surface area contributed by atoms with E-state index in [2.05, 4.69) is 58.1 Å². The molecule has 26 heavy (non-hydrogen) atoms. The normalized spacial score (nSPS) is 11.3. The zero-order chi connectivity index (χ0) is 18.2. The number of hydrogen-bond acceptors (Lipinski definition) is 3. The molecule has 0 saturated carbocycles. The molecule has 0 N–H and O–H groups in total. The highest BCUT2D eigenvalue weighted by Gasteiger charge is 2.11. The lowest BCUT2D eigenvalue weighted by Crippen LogP contribution is -2.01. The van der Waals surface area contributed by atoms with Gasteiger partial charge in [0.25, 0.3) is 0 Å². The molecule has 0 saturated heterocycles. The van der Waals surface area contributed by atoms with E-state index < -0.39 is 0 Å². The van der Waals surface area contributed by atoms with Gasteiger partial charge in [-0.3, -0.25) is 4.98 Å². The molecule has 0 radical (unpaired) electrons. The maximum atomic E-state index is 4.38. The molecule has 0 bridgehead atoms. The quantitative estimate of drug-likeness (QED) is 0.425. The molecule has 2 heterocycles. The maximum absolute atomic E-state index is 4.38. The van der Waals surface area contributed by atoms with Crippen LogP contribution in [-0.2, 0) is 6.54 Å². The van der Waals surface area contributed by atoms with Crippen LogP contribution in [-0.4, -0.2) is 20.0 Å². The van der Waals surface area contributed by atoms with Crippen LogP contribution in [0.5, 0.6) is 0 Å². The van der Waals surface area contributed by atoms with E-state index in [9.17, 15) is 0 Å². The van der Waals surface area contributed by atoms with Crippen LogP contribution in [0.2, 0.25) is 0 Å². The summed E-state index contributed by atoms with van der Waals surface area (Å²) in [4.78, 5) is 4.35. The Labute approximate surface area is 156 Å². The lowest BCUT2D eigenvalue weighted by Gasteiger charge is -2.07. The maximum Gasteiger partial charge on any atom is 0.132 e. The van der Waals surface area contributed by atoms with E-state index in [0.717, 1.165) is 29.6 Å². The number of hydrogen-bond donors (Lipinski definition) is 0. The van der Waals surface area contributed by atoms with Gasteiger partial charge in [0.05, 0.1) is 11.7 Å². The van der Waals surface area contributed by atoms with Crippen molar-refractivity contribution in [2.45, 2.75) is 71.8 Å². The highest BCUT2D eigenvalue weighted by Crippen LogP contribution is 2.27. The van der Waals surface area contributed by atoms with Crippen molar-refractivity contribution in [2.24, 2.45) is 0 Å². The summed E-state index contributed by atoms with van der Waals surface area (Å²) in [7, 11) is 0. The highest BCUT2D eigenvalue weighted by molar-refractivity contribution is 5.90. The van der Waals surface area contributed by atoms with Crippen molar-refractivity contribution in [3.63, 3.8) is 0 Å². The van der Waals surface area contributed by atoms with Gasteiger partial charge in [0.15, 0.2) is 0 Å². The van der Waals surface area contributed by atoms with Crippen LogP contribution in [0.3, 0.4) is 0 Å². The predicted molar refractivity (Wildman–Crippen MR) is 108 cm³/mol. The van der Waals surface area contributed by atoms with Crippen molar-refractivity contribution < 1.29 is 0 Å². The molecular weight excluding hydrogens is 320 g/mol. The average Bonchev–Trinajstić information content (AvgIpc) is 3.08. The Morgan fingerprint density at radius 1 is 0.846 bits per heavy atom. The van der Waals surface area contributed by atoms with Gasteiger partial charge in [-0.2, -0.15) is 0 Å². The zero-order valence-corrected chi connectivity index (χ0v) is 16.1. The van der Waals surface area contributed by atoms with Crippen LogP contribution in [0.25, 0.3) is 22.2 Å². The lowest BCUT2D eigenvalue weighted by molar-refractivity contribution is 0.519. The van der Waals surface area contributed by atoms with Gasteiger partial charge in [0, 0.05) is 18.3 Å². The van der Waals surface area contributed by atoms with Gasteiger partial charge >= 0.3 is 0 Å². The van der Waals surface area contributed by atoms with Crippen LogP contribution in [0.1, 0.15) is 63.9 Å². The fraction of sp³-hybridized carbons (Fsp3) is 0.500. The second-order valence-corrected chi connectivity index (χ2v) is 7.21. The zero-order valence-electron chi connectivity index (χ0n) is 16.1. The molecule has 0 aliphatic carbocycles. The molecule has 138 valence electrons. The van der Waals surface area contributed by atoms with Gasteiger partial charge in [0.1, 0.15) is 5.52 Å². The lowest BCUT2D eigenvalue weighted by atomic mass is 10.0.